The summed E-state index contributed by atoms with van der Waals surface area (Å²) in [7, 11) is 0. The van der Waals surface area contributed by atoms with E-state index in [-0.39, 0.29) is 36.0 Å². The average molecular weight is 422 g/mol. The molecule has 2 amide bonds. The zero-order valence-corrected chi connectivity index (χ0v) is 16.7. The number of carbonyl (C=O) groups is 2. The summed E-state index contributed by atoms with van der Waals surface area (Å²) < 4.78 is 18.2. The van der Waals surface area contributed by atoms with Gasteiger partial charge in [-0.2, -0.15) is 0 Å². The van der Waals surface area contributed by atoms with Gasteiger partial charge in [0.2, 0.25) is 5.91 Å². The Balaban J connectivity index is 0.00000300. The average Bonchev–Trinajstić information content (AvgIpc) is 2.73. The molecule has 1 saturated heterocycles. The van der Waals surface area contributed by atoms with Crippen LogP contribution in [0.1, 0.15) is 28.8 Å². The third-order valence-electron chi connectivity index (χ3n) is 4.86. The molecule has 2 aromatic carbocycles. The molecule has 0 saturated carbocycles. The van der Waals surface area contributed by atoms with Crippen molar-refractivity contribution >= 4 is 29.9 Å². The van der Waals surface area contributed by atoms with E-state index < -0.39 is 6.04 Å². The zero-order valence-electron chi connectivity index (χ0n) is 15.9. The van der Waals surface area contributed by atoms with Crippen molar-refractivity contribution in [3.8, 4) is 0 Å². The molecule has 0 aliphatic carbocycles. The van der Waals surface area contributed by atoms with Gasteiger partial charge in [-0.05, 0) is 60.7 Å². The second-order valence-electron chi connectivity index (χ2n) is 6.85. The Bertz CT molecular complexity index is 809. The number of nitrogens with one attached hydrogen (secondary N) is 2. The van der Waals surface area contributed by atoms with E-state index in [1.54, 1.807) is 12.1 Å². The first-order chi connectivity index (χ1) is 13.5. The number of benzene rings is 2. The Hall–Kier alpha value is -2.48. The fraction of sp³-hybridized carbons (Fsp3) is 0.333. The van der Waals surface area contributed by atoms with Crippen LogP contribution in [0.4, 0.5) is 10.1 Å². The Morgan fingerprint density at radius 3 is 2.31 bits per heavy atom. The van der Waals surface area contributed by atoms with Crippen molar-refractivity contribution in [3.63, 3.8) is 0 Å². The van der Waals surface area contributed by atoms with Crippen LogP contribution in [0.2, 0.25) is 0 Å². The Morgan fingerprint density at radius 1 is 1.07 bits per heavy atom. The van der Waals surface area contributed by atoms with Crippen LogP contribution >= 0.6 is 12.4 Å². The van der Waals surface area contributed by atoms with E-state index in [2.05, 4.69) is 10.6 Å². The summed E-state index contributed by atoms with van der Waals surface area (Å²) in [5.74, 6) is -0.721. The summed E-state index contributed by atoms with van der Waals surface area (Å²) in [6.45, 7) is 1.66. The number of ether oxygens (including phenoxy) is 1. The lowest BCUT2D eigenvalue weighted by atomic mass is 9.92. The maximum atomic E-state index is 12.9. The summed E-state index contributed by atoms with van der Waals surface area (Å²) in [6, 6.07) is 12.0. The van der Waals surface area contributed by atoms with Crippen LogP contribution < -0.4 is 16.4 Å². The number of halogens is 2. The van der Waals surface area contributed by atoms with Crippen molar-refractivity contribution < 1.29 is 18.7 Å². The van der Waals surface area contributed by atoms with E-state index in [0.717, 1.165) is 18.4 Å². The molecule has 1 heterocycles. The molecule has 1 aliphatic heterocycles. The predicted octanol–water partition coefficient (Wildman–Crippen LogP) is 2.87. The molecule has 0 radical (unpaired) electrons. The molecule has 1 atom stereocenters. The van der Waals surface area contributed by atoms with Gasteiger partial charge in [0.1, 0.15) is 5.82 Å². The number of hydrogen-bond donors (Lipinski definition) is 3. The van der Waals surface area contributed by atoms with E-state index in [4.69, 9.17) is 10.5 Å². The van der Waals surface area contributed by atoms with E-state index in [0.29, 0.717) is 31.0 Å². The number of nitrogens with two attached hydrogens (primary N) is 1. The lowest BCUT2D eigenvalue weighted by molar-refractivity contribution is -0.124. The summed E-state index contributed by atoms with van der Waals surface area (Å²) >= 11 is 0. The minimum atomic E-state index is -0.529. The largest absolute Gasteiger partial charge is 0.381 e. The summed E-state index contributed by atoms with van der Waals surface area (Å²) in [5.41, 5.74) is 7.95. The molecule has 4 N–H and O–H groups in total. The molecule has 0 bridgehead atoms. The van der Waals surface area contributed by atoms with Crippen LogP contribution in [0.15, 0.2) is 48.5 Å². The molecule has 1 fully saturated rings. The SMILES string of the molecule is Cl.NC(C(=O)NCc1ccc(NC(=O)c2ccc(F)cc2)cc1)C1CCOCC1. The number of anilines is 1. The van der Waals surface area contributed by atoms with Crippen LogP contribution in [-0.2, 0) is 16.1 Å². The van der Waals surface area contributed by atoms with Gasteiger partial charge in [0, 0.05) is 31.0 Å². The van der Waals surface area contributed by atoms with Crippen LogP contribution in [0.5, 0.6) is 0 Å². The van der Waals surface area contributed by atoms with Gasteiger partial charge >= 0.3 is 0 Å². The van der Waals surface area contributed by atoms with Crippen molar-refractivity contribution in [1.29, 1.82) is 0 Å². The van der Waals surface area contributed by atoms with Crippen molar-refractivity contribution in [2.75, 3.05) is 18.5 Å². The molecule has 6 nitrogen and oxygen atoms in total. The predicted molar refractivity (Wildman–Crippen MR) is 111 cm³/mol. The first kappa shape index (κ1) is 22.8. The monoisotopic (exact) mass is 421 g/mol. The van der Waals surface area contributed by atoms with Gasteiger partial charge in [0.15, 0.2) is 0 Å². The second-order valence-corrected chi connectivity index (χ2v) is 6.85. The van der Waals surface area contributed by atoms with E-state index in [1.807, 2.05) is 12.1 Å². The minimum Gasteiger partial charge on any atom is -0.381 e. The van der Waals surface area contributed by atoms with Gasteiger partial charge in [0.25, 0.3) is 5.91 Å². The molecular weight excluding hydrogens is 397 g/mol. The highest BCUT2D eigenvalue weighted by molar-refractivity contribution is 6.04. The number of hydrogen-bond acceptors (Lipinski definition) is 4. The van der Waals surface area contributed by atoms with Crippen molar-refractivity contribution in [2.45, 2.75) is 25.4 Å². The molecule has 0 spiro atoms. The molecular formula is C21H25ClFN3O3. The first-order valence-corrected chi connectivity index (χ1v) is 9.30. The lowest BCUT2D eigenvalue weighted by Crippen LogP contribution is -2.46. The third kappa shape index (κ3) is 6.52. The molecule has 8 heteroatoms. The van der Waals surface area contributed by atoms with Crippen molar-refractivity contribution in [1.82, 2.24) is 5.32 Å². The maximum absolute atomic E-state index is 12.9. The molecule has 2 aromatic rings. The number of carbonyl (C=O) groups excluding carboxylic acids is 2. The fourth-order valence-electron chi connectivity index (χ4n) is 3.11. The lowest BCUT2D eigenvalue weighted by Gasteiger charge is -2.26. The maximum Gasteiger partial charge on any atom is 0.255 e. The van der Waals surface area contributed by atoms with E-state index in [9.17, 15) is 14.0 Å². The highest BCUT2D eigenvalue weighted by Crippen LogP contribution is 2.18. The highest BCUT2D eigenvalue weighted by atomic mass is 35.5. The zero-order chi connectivity index (χ0) is 19.9. The van der Waals surface area contributed by atoms with Crippen molar-refractivity contribution in [2.24, 2.45) is 11.7 Å². The number of rotatable bonds is 6. The molecule has 1 aliphatic rings. The molecule has 156 valence electrons. The van der Waals surface area contributed by atoms with Crippen molar-refractivity contribution in [3.05, 3.63) is 65.5 Å². The van der Waals surface area contributed by atoms with Gasteiger partial charge in [-0.3, -0.25) is 9.59 Å². The van der Waals surface area contributed by atoms with Gasteiger partial charge in [-0.25, -0.2) is 4.39 Å². The summed E-state index contributed by atoms with van der Waals surface area (Å²) in [4.78, 5) is 24.4. The second kappa shape index (κ2) is 10.9. The summed E-state index contributed by atoms with van der Waals surface area (Å²) in [5, 5.41) is 5.61. The van der Waals surface area contributed by atoms with E-state index in [1.165, 1.54) is 24.3 Å². The van der Waals surface area contributed by atoms with Gasteiger partial charge < -0.3 is 21.1 Å². The standard InChI is InChI=1S/C21H24FN3O3.ClH/c22-17-5-3-16(4-6-17)20(26)25-18-7-1-14(2-8-18)13-24-21(27)19(23)15-9-11-28-12-10-15;/h1-8,15,19H,9-13,23H2,(H,24,27)(H,25,26);1H. The van der Waals surface area contributed by atoms with Crippen LogP contribution in [0, 0.1) is 11.7 Å². The summed E-state index contributed by atoms with van der Waals surface area (Å²) in [6.07, 6.45) is 1.61. The van der Waals surface area contributed by atoms with Crippen LogP contribution in [0.25, 0.3) is 0 Å². The fourth-order valence-corrected chi connectivity index (χ4v) is 3.11. The Kier molecular flexibility index (Phi) is 8.57. The number of amides is 2. The Morgan fingerprint density at radius 2 is 1.69 bits per heavy atom. The quantitative estimate of drug-likeness (QED) is 0.668. The van der Waals surface area contributed by atoms with Gasteiger partial charge in [-0.15, -0.1) is 12.4 Å². The smallest absolute Gasteiger partial charge is 0.255 e. The van der Waals surface area contributed by atoms with E-state index >= 15 is 0 Å². The van der Waals surface area contributed by atoms with Crippen LogP contribution in [-0.4, -0.2) is 31.1 Å². The minimum absolute atomic E-state index is 0. The van der Waals surface area contributed by atoms with Gasteiger partial charge in [0.05, 0.1) is 6.04 Å². The molecule has 3 rings (SSSR count). The molecule has 29 heavy (non-hydrogen) atoms. The molecule has 1 unspecified atom stereocenters. The van der Waals surface area contributed by atoms with Gasteiger partial charge in [-0.1, -0.05) is 12.1 Å². The first-order valence-electron chi connectivity index (χ1n) is 9.30. The highest BCUT2D eigenvalue weighted by Gasteiger charge is 2.26. The Labute approximate surface area is 175 Å². The topological polar surface area (TPSA) is 93.5 Å². The normalized spacial score (nSPS) is 15.1. The molecule has 0 aromatic heterocycles. The third-order valence-corrected chi connectivity index (χ3v) is 4.86. The van der Waals surface area contributed by atoms with Crippen LogP contribution in [0.3, 0.4) is 0 Å².